The summed E-state index contributed by atoms with van der Waals surface area (Å²) in [7, 11) is -3.76. The maximum Gasteiger partial charge on any atom is 0.258 e. The van der Waals surface area contributed by atoms with Gasteiger partial charge in [0.15, 0.2) is 5.03 Å². The number of nitrogens with zero attached hydrogens (tertiary/aromatic N) is 2. The lowest BCUT2D eigenvalue weighted by Gasteiger charge is -2.32. The third kappa shape index (κ3) is 3.59. The first-order valence-electron chi connectivity index (χ1n) is 7.40. The number of likely N-dealkylation sites (tertiary alicyclic amines) is 1. The number of aromatic amines is 1. The number of benzene rings is 1. The zero-order valence-electron chi connectivity index (χ0n) is 12.5. The molecule has 8 heteroatoms. The van der Waals surface area contributed by atoms with Crippen LogP contribution < -0.4 is 4.72 Å². The molecule has 23 heavy (non-hydrogen) atoms. The van der Waals surface area contributed by atoms with Crippen molar-refractivity contribution in [3.05, 3.63) is 48.4 Å². The zero-order chi connectivity index (χ0) is 16.3. The third-order valence-electron chi connectivity index (χ3n) is 3.81. The predicted molar refractivity (Wildman–Crippen MR) is 83.8 cm³/mol. The molecule has 1 fully saturated rings. The van der Waals surface area contributed by atoms with E-state index in [1.165, 1.54) is 12.5 Å². The van der Waals surface area contributed by atoms with Crippen molar-refractivity contribution < 1.29 is 13.2 Å². The number of hydrogen-bond acceptors (Lipinski definition) is 4. The molecule has 0 saturated carbocycles. The van der Waals surface area contributed by atoms with Gasteiger partial charge < -0.3 is 9.88 Å². The van der Waals surface area contributed by atoms with E-state index < -0.39 is 16.1 Å². The molecule has 2 heterocycles. The Hall–Kier alpha value is -2.19. The molecule has 1 aromatic heterocycles. The first-order valence-corrected chi connectivity index (χ1v) is 8.88. The molecule has 3 rings (SSSR count). The van der Waals surface area contributed by atoms with Gasteiger partial charge in [-0.1, -0.05) is 30.3 Å². The van der Waals surface area contributed by atoms with Crippen LogP contribution in [-0.4, -0.2) is 41.8 Å². The second kappa shape index (κ2) is 6.51. The van der Waals surface area contributed by atoms with E-state index in [1.807, 2.05) is 30.3 Å². The van der Waals surface area contributed by atoms with Gasteiger partial charge in [0.1, 0.15) is 6.04 Å². The molecule has 1 aliphatic rings. The smallest absolute Gasteiger partial charge is 0.258 e. The van der Waals surface area contributed by atoms with E-state index in [2.05, 4.69) is 14.7 Å². The fourth-order valence-electron chi connectivity index (χ4n) is 2.65. The number of H-pyrrole nitrogens is 1. The van der Waals surface area contributed by atoms with Crippen LogP contribution in [-0.2, 0) is 21.4 Å². The molecular weight excluding hydrogens is 316 g/mol. The molecule has 1 aromatic carbocycles. The molecule has 0 aliphatic carbocycles. The van der Waals surface area contributed by atoms with Crippen molar-refractivity contribution in [2.75, 3.05) is 6.54 Å². The zero-order valence-corrected chi connectivity index (χ0v) is 13.3. The van der Waals surface area contributed by atoms with Crippen molar-refractivity contribution in [2.45, 2.75) is 30.5 Å². The minimum atomic E-state index is -3.76. The fourth-order valence-corrected chi connectivity index (χ4v) is 3.78. The van der Waals surface area contributed by atoms with E-state index in [0.29, 0.717) is 19.5 Å². The lowest BCUT2D eigenvalue weighted by atomic mass is 10.0. The van der Waals surface area contributed by atoms with E-state index >= 15 is 0 Å². The molecule has 122 valence electrons. The number of hydrogen-bond donors (Lipinski definition) is 2. The van der Waals surface area contributed by atoms with Crippen molar-refractivity contribution in [1.29, 1.82) is 0 Å². The summed E-state index contributed by atoms with van der Waals surface area (Å²) >= 11 is 0. The molecule has 0 unspecified atom stereocenters. The molecule has 1 aliphatic heterocycles. The van der Waals surface area contributed by atoms with Crippen molar-refractivity contribution in [3.63, 3.8) is 0 Å². The minimum Gasteiger partial charge on any atom is -0.337 e. The number of amides is 1. The number of sulfonamides is 1. The molecule has 1 atom stereocenters. The van der Waals surface area contributed by atoms with Gasteiger partial charge in [-0.2, -0.15) is 4.72 Å². The lowest BCUT2D eigenvalue weighted by Crippen LogP contribution is -2.51. The minimum absolute atomic E-state index is 0.0366. The molecule has 0 radical (unpaired) electrons. The summed E-state index contributed by atoms with van der Waals surface area (Å²) in [6.07, 6.45) is 3.77. The maximum atomic E-state index is 12.6. The van der Waals surface area contributed by atoms with Gasteiger partial charge in [-0.15, -0.1) is 0 Å². The average molecular weight is 334 g/mol. The Labute approximate surface area is 134 Å². The van der Waals surface area contributed by atoms with Crippen LogP contribution in [0.3, 0.4) is 0 Å². The highest BCUT2D eigenvalue weighted by Crippen LogP contribution is 2.17. The number of carbonyl (C=O) groups is 1. The first kappa shape index (κ1) is 15.7. The van der Waals surface area contributed by atoms with Gasteiger partial charge in [-0.05, 0) is 18.4 Å². The summed E-state index contributed by atoms with van der Waals surface area (Å²) < 4.78 is 26.9. The number of piperidine rings is 1. The van der Waals surface area contributed by atoms with Crippen molar-refractivity contribution >= 4 is 15.9 Å². The summed E-state index contributed by atoms with van der Waals surface area (Å²) in [5, 5.41) is -0.0366. The largest absolute Gasteiger partial charge is 0.337 e. The number of imidazole rings is 1. The topological polar surface area (TPSA) is 95.2 Å². The van der Waals surface area contributed by atoms with Crippen molar-refractivity contribution in [2.24, 2.45) is 0 Å². The number of aromatic nitrogens is 2. The average Bonchev–Trinajstić information content (AvgIpc) is 3.07. The SMILES string of the molecule is O=C1[C@@H](NS(=O)(=O)c2cnc[nH]2)CCCN1Cc1ccccc1. The number of rotatable bonds is 5. The van der Waals surface area contributed by atoms with Crippen LogP contribution in [0.25, 0.3) is 0 Å². The van der Waals surface area contributed by atoms with E-state index in [0.717, 1.165) is 12.0 Å². The van der Waals surface area contributed by atoms with Crippen LogP contribution in [0.15, 0.2) is 47.9 Å². The Morgan fingerprint density at radius 1 is 1.30 bits per heavy atom. The van der Waals surface area contributed by atoms with E-state index in [1.54, 1.807) is 4.90 Å². The van der Waals surface area contributed by atoms with Crippen LogP contribution in [0.5, 0.6) is 0 Å². The summed E-state index contributed by atoms with van der Waals surface area (Å²) in [6, 6.07) is 8.92. The standard InChI is InChI=1S/C15H18N4O3S/c20-15-13(18-23(21,22)14-9-16-11-17-14)7-4-8-19(15)10-12-5-2-1-3-6-12/h1-3,5-6,9,11,13,18H,4,7-8,10H2,(H,16,17)/t13-/m0/s1. The quantitative estimate of drug-likeness (QED) is 0.848. The van der Waals surface area contributed by atoms with Gasteiger partial charge in [0.2, 0.25) is 5.91 Å². The van der Waals surface area contributed by atoms with Crippen molar-refractivity contribution in [1.82, 2.24) is 19.6 Å². The number of carbonyl (C=O) groups excluding carboxylic acids is 1. The van der Waals surface area contributed by atoms with Crippen LogP contribution in [0.2, 0.25) is 0 Å². The molecule has 1 saturated heterocycles. The van der Waals surface area contributed by atoms with E-state index in [9.17, 15) is 13.2 Å². The van der Waals surface area contributed by atoms with Crippen LogP contribution in [0, 0.1) is 0 Å². The fraction of sp³-hybridized carbons (Fsp3) is 0.333. The normalized spacial score (nSPS) is 19.0. The highest BCUT2D eigenvalue weighted by atomic mass is 32.2. The van der Waals surface area contributed by atoms with Gasteiger partial charge in [0.25, 0.3) is 10.0 Å². The predicted octanol–water partition coefficient (Wildman–Crippen LogP) is 0.879. The first-order chi connectivity index (χ1) is 11.1. The summed E-state index contributed by atoms with van der Waals surface area (Å²) in [5.41, 5.74) is 1.03. The Kier molecular flexibility index (Phi) is 4.44. The molecule has 0 spiro atoms. The Morgan fingerprint density at radius 3 is 2.78 bits per heavy atom. The van der Waals surface area contributed by atoms with Crippen LogP contribution in [0.1, 0.15) is 18.4 Å². The summed E-state index contributed by atoms with van der Waals surface area (Å²) in [5.74, 6) is -0.191. The van der Waals surface area contributed by atoms with Crippen molar-refractivity contribution in [3.8, 4) is 0 Å². The molecule has 0 bridgehead atoms. The van der Waals surface area contributed by atoms with Gasteiger partial charge in [-0.3, -0.25) is 4.79 Å². The lowest BCUT2D eigenvalue weighted by molar-refractivity contribution is -0.136. The number of nitrogens with one attached hydrogen (secondary N) is 2. The van der Waals surface area contributed by atoms with Gasteiger partial charge in [-0.25, -0.2) is 13.4 Å². The Morgan fingerprint density at radius 2 is 2.09 bits per heavy atom. The van der Waals surface area contributed by atoms with Crippen LogP contribution >= 0.6 is 0 Å². The molecule has 2 aromatic rings. The van der Waals surface area contributed by atoms with Crippen LogP contribution in [0.4, 0.5) is 0 Å². The molecule has 1 amide bonds. The Balaban J connectivity index is 1.70. The summed E-state index contributed by atoms with van der Waals surface area (Å²) in [4.78, 5) is 20.5. The monoisotopic (exact) mass is 334 g/mol. The maximum absolute atomic E-state index is 12.6. The molecule has 7 nitrogen and oxygen atoms in total. The molecular formula is C15H18N4O3S. The highest BCUT2D eigenvalue weighted by Gasteiger charge is 2.32. The Bertz CT molecular complexity index is 759. The molecule has 2 N–H and O–H groups in total. The highest BCUT2D eigenvalue weighted by molar-refractivity contribution is 7.89. The summed E-state index contributed by atoms with van der Waals surface area (Å²) in [6.45, 7) is 1.12. The third-order valence-corrected chi connectivity index (χ3v) is 5.20. The van der Waals surface area contributed by atoms with E-state index in [-0.39, 0.29) is 10.9 Å². The van der Waals surface area contributed by atoms with E-state index in [4.69, 9.17) is 0 Å². The van der Waals surface area contributed by atoms with Gasteiger partial charge in [0, 0.05) is 13.1 Å². The second-order valence-electron chi connectivity index (χ2n) is 5.48. The second-order valence-corrected chi connectivity index (χ2v) is 7.16. The van der Waals surface area contributed by atoms with Gasteiger partial charge >= 0.3 is 0 Å². The van der Waals surface area contributed by atoms with Gasteiger partial charge in [0.05, 0.1) is 12.5 Å².